The van der Waals surface area contributed by atoms with Crippen LogP contribution in [0.2, 0.25) is 0 Å². The van der Waals surface area contributed by atoms with E-state index in [2.05, 4.69) is 20.9 Å². The van der Waals surface area contributed by atoms with Gasteiger partial charge in [0.05, 0.1) is 12.1 Å². The molecule has 0 unspecified atom stereocenters. The third-order valence-electron chi connectivity index (χ3n) is 3.10. The zero-order valence-electron chi connectivity index (χ0n) is 16.6. The lowest BCUT2D eigenvalue weighted by molar-refractivity contribution is 0.0473. The number of nitrogens with zero attached hydrogens (tertiary/aromatic N) is 1. The number of guanidine groups is 1. The van der Waals surface area contributed by atoms with Crippen LogP contribution in [-0.4, -0.2) is 42.7 Å². The molecule has 0 spiro atoms. The molecule has 2 amide bonds. The number of nitrogens with one attached hydrogen (secondary N) is 3. The summed E-state index contributed by atoms with van der Waals surface area (Å²) in [5, 5.41) is 8.97. The Bertz CT molecular complexity index is 665. The minimum absolute atomic E-state index is 0. The van der Waals surface area contributed by atoms with Gasteiger partial charge in [-0.1, -0.05) is 0 Å². The van der Waals surface area contributed by atoms with Crippen molar-refractivity contribution in [3.05, 3.63) is 23.7 Å². The topological polar surface area (TPSA) is 131 Å². The van der Waals surface area contributed by atoms with Crippen LogP contribution in [0.5, 0.6) is 0 Å². The maximum Gasteiger partial charge on any atom is 0.408 e. The average molecular weight is 495 g/mol. The summed E-state index contributed by atoms with van der Waals surface area (Å²) in [6, 6.07) is 3.18. The van der Waals surface area contributed by atoms with Gasteiger partial charge in [-0.3, -0.25) is 9.79 Å². The maximum atomic E-state index is 11.9. The van der Waals surface area contributed by atoms with Crippen LogP contribution >= 0.6 is 24.0 Å². The first kappa shape index (κ1) is 25.0. The number of hydrogen-bond acceptors (Lipinski definition) is 5. The molecule has 154 valence electrons. The van der Waals surface area contributed by atoms with Gasteiger partial charge in [0.15, 0.2) is 11.7 Å². The minimum atomic E-state index is -0.617. The number of alkyl carbamates (subject to hydrolysis) is 1. The number of primary amides is 1. The van der Waals surface area contributed by atoms with Gasteiger partial charge in [-0.25, -0.2) is 4.79 Å². The number of carbonyl (C=O) groups is 2. The van der Waals surface area contributed by atoms with Gasteiger partial charge in [0, 0.05) is 13.6 Å². The summed E-state index contributed by atoms with van der Waals surface area (Å²) in [5.41, 5.74) is 4.03. The molecule has 0 aliphatic heterocycles. The maximum absolute atomic E-state index is 11.9. The number of furan rings is 1. The first-order chi connectivity index (χ1) is 11.9. The van der Waals surface area contributed by atoms with Gasteiger partial charge >= 0.3 is 6.09 Å². The van der Waals surface area contributed by atoms with Crippen LogP contribution in [-0.2, 0) is 11.3 Å². The summed E-state index contributed by atoms with van der Waals surface area (Å²) in [7, 11) is 1.63. The fourth-order valence-corrected chi connectivity index (χ4v) is 1.93. The molecule has 1 aromatic rings. The molecule has 1 heterocycles. The number of halogens is 1. The molecule has 5 N–H and O–H groups in total. The van der Waals surface area contributed by atoms with E-state index in [0.29, 0.717) is 24.8 Å². The number of amides is 2. The van der Waals surface area contributed by atoms with E-state index < -0.39 is 23.1 Å². The normalized spacial score (nSPS) is 12.0. The molecule has 27 heavy (non-hydrogen) atoms. The second-order valence-electron chi connectivity index (χ2n) is 7.42. The number of aliphatic imine (C=N–C) groups is 1. The molecule has 0 atom stereocenters. The van der Waals surface area contributed by atoms with Crippen LogP contribution in [0, 0.1) is 0 Å². The van der Waals surface area contributed by atoms with Gasteiger partial charge in [0.1, 0.15) is 11.4 Å². The third-order valence-corrected chi connectivity index (χ3v) is 3.10. The quantitative estimate of drug-likeness (QED) is 0.271. The minimum Gasteiger partial charge on any atom is -0.454 e. The van der Waals surface area contributed by atoms with Crippen LogP contribution in [0.1, 0.15) is 50.9 Å². The Morgan fingerprint density at radius 2 is 1.81 bits per heavy atom. The fraction of sp³-hybridized carbons (Fsp3) is 0.588. The van der Waals surface area contributed by atoms with Crippen LogP contribution in [0.25, 0.3) is 0 Å². The molecule has 0 aliphatic rings. The Morgan fingerprint density at radius 3 is 2.30 bits per heavy atom. The lowest BCUT2D eigenvalue weighted by Gasteiger charge is -2.29. The fourth-order valence-electron chi connectivity index (χ4n) is 1.93. The lowest BCUT2D eigenvalue weighted by atomic mass is 10.1. The summed E-state index contributed by atoms with van der Waals surface area (Å²) in [6.45, 7) is 9.89. The van der Waals surface area contributed by atoms with Crippen LogP contribution < -0.4 is 21.7 Å². The van der Waals surface area contributed by atoms with Crippen LogP contribution in [0.15, 0.2) is 21.5 Å². The number of nitrogens with two attached hydrogens (primary N) is 1. The first-order valence-electron chi connectivity index (χ1n) is 8.26. The molecule has 9 nitrogen and oxygen atoms in total. The Balaban J connectivity index is 0.00000676. The van der Waals surface area contributed by atoms with Gasteiger partial charge < -0.3 is 30.8 Å². The van der Waals surface area contributed by atoms with Gasteiger partial charge in [0.2, 0.25) is 0 Å². The van der Waals surface area contributed by atoms with Crippen molar-refractivity contribution >= 4 is 41.9 Å². The smallest absolute Gasteiger partial charge is 0.408 e. The standard InChI is InChI=1S/C17H29N5O4.HI/c1-16(2,3)26-15(24)22-17(4,5)10-21-14(19-6)20-9-11-7-8-12(25-11)13(18)23;/h7-8H,9-10H2,1-6H3,(H2,18,23)(H,22,24)(H2,19,20,21);1H. The molecule has 0 saturated carbocycles. The van der Waals surface area contributed by atoms with Crippen molar-refractivity contribution in [2.75, 3.05) is 13.6 Å². The van der Waals surface area contributed by atoms with Crippen molar-refractivity contribution in [2.45, 2.75) is 52.3 Å². The van der Waals surface area contributed by atoms with Crippen LogP contribution in [0.4, 0.5) is 4.79 Å². The van der Waals surface area contributed by atoms with E-state index in [-0.39, 0.29) is 29.7 Å². The molecule has 1 aromatic heterocycles. The average Bonchev–Trinajstić information content (AvgIpc) is 2.93. The first-order valence-corrected chi connectivity index (χ1v) is 8.26. The molecule has 0 radical (unpaired) electrons. The van der Waals surface area contributed by atoms with Gasteiger partial charge in [0.25, 0.3) is 5.91 Å². The van der Waals surface area contributed by atoms with Crippen LogP contribution in [0.3, 0.4) is 0 Å². The van der Waals surface area contributed by atoms with Crippen molar-refractivity contribution in [3.63, 3.8) is 0 Å². The number of carbonyl (C=O) groups excluding carboxylic acids is 2. The highest BCUT2D eigenvalue weighted by atomic mass is 127. The highest BCUT2D eigenvalue weighted by Gasteiger charge is 2.24. The SMILES string of the molecule is CN=C(NCc1ccc(C(N)=O)o1)NCC(C)(C)NC(=O)OC(C)(C)C.I. The monoisotopic (exact) mass is 495 g/mol. The van der Waals surface area contributed by atoms with Crippen molar-refractivity contribution in [1.82, 2.24) is 16.0 Å². The zero-order valence-corrected chi connectivity index (χ0v) is 19.0. The predicted octanol–water partition coefficient (Wildman–Crippen LogP) is 1.96. The highest BCUT2D eigenvalue weighted by molar-refractivity contribution is 14.0. The number of ether oxygens (including phenoxy) is 1. The molecule has 0 bridgehead atoms. The van der Waals surface area contributed by atoms with E-state index in [0.717, 1.165) is 0 Å². The molecule has 0 fully saturated rings. The molecule has 1 rings (SSSR count). The molecule has 10 heteroatoms. The summed E-state index contributed by atoms with van der Waals surface area (Å²) in [4.78, 5) is 27.0. The van der Waals surface area contributed by atoms with E-state index in [1.165, 1.54) is 6.07 Å². The second kappa shape index (κ2) is 10.4. The lowest BCUT2D eigenvalue weighted by Crippen LogP contribution is -2.54. The summed E-state index contributed by atoms with van der Waals surface area (Å²) in [5.74, 6) is 0.551. The summed E-state index contributed by atoms with van der Waals surface area (Å²) >= 11 is 0. The third kappa shape index (κ3) is 10.1. The Kier molecular flexibility index (Phi) is 9.62. The van der Waals surface area contributed by atoms with E-state index in [1.807, 2.05) is 34.6 Å². The van der Waals surface area contributed by atoms with Crippen molar-refractivity contribution in [3.8, 4) is 0 Å². The summed E-state index contributed by atoms with van der Waals surface area (Å²) < 4.78 is 10.6. The van der Waals surface area contributed by atoms with Gasteiger partial charge in [-0.15, -0.1) is 24.0 Å². The molecular weight excluding hydrogens is 465 g/mol. The predicted molar refractivity (Wildman–Crippen MR) is 114 cm³/mol. The molecule has 0 aliphatic carbocycles. The van der Waals surface area contributed by atoms with E-state index in [9.17, 15) is 9.59 Å². The van der Waals surface area contributed by atoms with Crippen molar-refractivity contribution in [2.24, 2.45) is 10.7 Å². The van der Waals surface area contributed by atoms with Gasteiger partial charge in [-0.05, 0) is 46.8 Å². The number of rotatable bonds is 6. The number of hydrogen-bond donors (Lipinski definition) is 4. The zero-order chi connectivity index (χ0) is 20.0. The Morgan fingerprint density at radius 1 is 1.19 bits per heavy atom. The van der Waals surface area contributed by atoms with Crippen molar-refractivity contribution < 1.29 is 18.7 Å². The molecular formula is C17H30IN5O4. The molecule has 0 saturated heterocycles. The van der Waals surface area contributed by atoms with E-state index in [1.54, 1.807) is 13.1 Å². The largest absolute Gasteiger partial charge is 0.454 e. The molecule has 0 aromatic carbocycles. The highest BCUT2D eigenvalue weighted by Crippen LogP contribution is 2.09. The Labute approximate surface area is 176 Å². The van der Waals surface area contributed by atoms with E-state index >= 15 is 0 Å². The van der Waals surface area contributed by atoms with Crippen molar-refractivity contribution in [1.29, 1.82) is 0 Å². The van der Waals surface area contributed by atoms with E-state index in [4.69, 9.17) is 14.9 Å². The van der Waals surface area contributed by atoms with Gasteiger partial charge in [-0.2, -0.15) is 0 Å². The Hall–Kier alpha value is -1.98. The summed E-state index contributed by atoms with van der Waals surface area (Å²) in [6.07, 6.45) is -0.484. The second-order valence-corrected chi connectivity index (χ2v) is 7.42.